The van der Waals surface area contributed by atoms with Gasteiger partial charge in [-0.3, -0.25) is 0 Å². The molecular weight excluding hydrogens is 222 g/mol. The van der Waals surface area contributed by atoms with Gasteiger partial charge in [-0.05, 0) is 12.1 Å². The normalized spacial score (nSPS) is 10.7. The van der Waals surface area contributed by atoms with Crippen molar-refractivity contribution in [2.24, 2.45) is 0 Å². The Morgan fingerprint density at radius 1 is 0.944 bits per heavy atom. The molecule has 0 unspecified atom stereocenters. The van der Waals surface area contributed by atoms with Crippen LogP contribution in [-0.2, 0) is 0 Å². The highest BCUT2D eigenvalue weighted by molar-refractivity contribution is 6.11. The molecule has 0 N–H and O–H groups in total. The molecule has 0 saturated carbocycles. The summed E-state index contributed by atoms with van der Waals surface area (Å²) in [5, 5.41) is 2.35. The number of benzene rings is 2. The third kappa shape index (κ3) is 1.36. The van der Waals surface area contributed by atoms with Crippen LogP contribution in [0.4, 0.5) is 0 Å². The summed E-state index contributed by atoms with van der Waals surface area (Å²) in [7, 11) is 0. The van der Waals surface area contributed by atoms with Crippen molar-refractivity contribution in [1.29, 1.82) is 0 Å². The van der Waals surface area contributed by atoms with Crippen LogP contribution in [0.25, 0.3) is 28.0 Å². The summed E-state index contributed by atoms with van der Waals surface area (Å²) >= 11 is 0. The van der Waals surface area contributed by atoms with Gasteiger partial charge in [0.05, 0.1) is 17.3 Å². The van der Waals surface area contributed by atoms with Gasteiger partial charge in [0.15, 0.2) is 5.75 Å². The Kier molecular flexibility index (Phi) is 2.41. The second kappa shape index (κ2) is 4.08. The first-order valence-electron chi connectivity index (χ1n) is 5.78. The second-order valence-corrected chi connectivity index (χ2v) is 4.01. The molecule has 2 nitrogen and oxygen atoms in total. The van der Waals surface area contributed by atoms with E-state index in [0.717, 1.165) is 22.2 Å². The Labute approximate surface area is 105 Å². The molecule has 0 spiro atoms. The van der Waals surface area contributed by atoms with Gasteiger partial charge in [-0.2, -0.15) is 0 Å². The van der Waals surface area contributed by atoms with Gasteiger partial charge in [-0.15, -0.1) is 0 Å². The van der Waals surface area contributed by atoms with E-state index in [-0.39, 0.29) is 0 Å². The predicted octanol–water partition coefficient (Wildman–Crippen LogP) is 4.42. The van der Waals surface area contributed by atoms with E-state index in [9.17, 15) is 0 Å². The zero-order valence-electron chi connectivity index (χ0n) is 9.97. The van der Waals surface area contributed by atoms with Crippen LogP contribution in [0.5, 0.6) is 5.75 Å². The van der Waals surface area contributed by atoms with Gasteiger partial charge in [0.2, 0.25) is 0 Å². The molecule has 1 heterocycles. The summed E-state index contributed by atoms with van der Waals surface area (Å²) in [5.74, 6) is 0.790. The number of hydrogen-bond donors (Lipinski definition) is 0. The van der Waals surface area contributed by atoms with E-state index >= 15 is 0 Å². The fraction of sp³-hybridized carbons (Fsp3) is 0. The average molecular weight is 235 g/mol. The number of nitrogens with zero attached hydrogens (tertiary/aromatic N) is 1. The Hall–Kier alpha value is -2.48. The summed E-state index contributed by atoms with van der Waals surface area (Å²) < 4.78 is 7.53. The highest BCUT2D eigenvalue weighted by atomic mass is 16.5. The maximum Gasteiger partial charge on any atom is 0.151 e. The molecule has 18 heavy (non-hydrogen) atoms. The quantitative estimate of drug-likeness (QED) is 0.613. The van der Waals surface area contributed by atoms with Gasteiger partial charge >= 0.3 is 0 Å². The molecule has 88 valence electrons. The highest BCUT2D eigenvalue weighted by Crippen LogP contribution is 2.34. The van der Waals surface area contributed by atoms with Crippen LogP contribution in [0.1, 0.15) is 0 Å². The molecule has 2 aromatic carbocycles. The van der Waals surface area contributed by atoms with E-state index in [2.05, 4.69) is 31.4 Å². The fourth-order valence-corrected chi connectivity index (χ4v) is 2.39. The Morgan fingerprint density at radius 2 is 1.72 bits per heavy atom. The molecule has 2 heteroatoms. The fourth-order valence-electron chi connectivity index (χ4n) is 2.39. The van der Waals surface area contributed by atoms with E-state index < -0.39 is 0 Å². The topological polar surface area (TPSA) is 14.2 Å². The molecule has 0 amide bonds. The van der Waals surface area contributed by atoms with Crippen LogP contribution in [0, 0.1) is 0 Å². The van der Waals surface area contributed by atoms with Crippen LogP contribution in [-0.4, -0.2) is 4.57 Å². The summed E-state index contributed by atoms with van der Waals surface area (Å²) in [6, 6.07) is 14.3. The molecule has 0 fully saturated rings. The Balaban J connectivity index is 2.55. The summed E-state index contributed by atoms with van der Waals surface area (Å²) in [6.07, 6.45) is 3.25. The minimum absolute atomic E-state index is 0.790. The molecule has 3 rings (SSSR count). The SMILES string of the molecule is C=COc1cccc2c3ccccc3n(C=C)c12. The van der Waals surface area contributed by atoms with Crippen LogP contribution >= 0.6 is 0 Å². The van der Waals surface area contributed by atoms with Crippen LogP contribution in [0.2, 0.25) is 0 Å². The van der Waals surface area contributed by atoms with Crippen molar-refractivity contribution in [1.82, 2.24) is 4.57 Å². The van der Waals surface area contributed by atoms with Gasteiger partial charge in [0.25, 0.3) is 0 Å². The van der Waals surface area contributed by atoms with E-state index in [1.54, 1.807) is 6.20 Å². The summed E-state index contributed by atoms with van der Waals surface area (Å²) in [6.45, 7) is 7.50. The van der Waals surface area contributed by atoms with Crippen LogP contribution in [0.15, 0.2) is 61.9 Å². The van der Waals surface area contributed by atoms with Crippen molar-refractivity contribution in [3.05, 3.63) is 61.9 Å². The second-order valence-electron chi connectivity index (χ2n) is 4.01. The third-order valence-corrected chi connectivity index (χ3v) is 3.09. The van der Waals surface area contributed by atoms with Crippen molar-refractivity contribution < 1.29 is 4.74 Å². The number of ether oxygens (including phenoxy) is 1. The van der Waals surface area contributed by atoms with Crippen molar-refractivity contribution in [2.75, 3.05) is 0 Å². The van der Waals surface area contributed by atoms with E-state index in [1.807, 2.05) is 28.8 Å². The summed E-state index contributed by atoms with van der Waals surface area (Å²) in [5.41, 5.74) is 2.15. The first-order chi connectivity index (χ1) is 8.86. The van der Waals surface area contributed by atoms with Gasteiger partial charge < -0.3 is 9.30 Å². The molecule has 0 aliphatic carbocycles. The summed E-state index contributed by atoms with van der Waals surface area (Å²) in [4.78, 5) is 0. The molecule has 0 radical (unpaired) electrons. The zero-order chi connectivity index (χ0) is 12.5. The average Bonchev–Trinajstić information content (AvgIpc) is 2.74. The standard InChI is InChI=1S/C16H13NO/c1-3-17-14-10-6-5-8-12(14)13-9-7-11-15(16(13)17)18-4-2/h3-11H,1-2H2. The lowest BCUT2D eigenvalue weighted by atomic mass is 10.1. The largest absolute Gasteiger partial charge is 0.463 e. The van der Waals surface area contributed by atoms with Gasteiger partial charge in [0.1, 0.15) is 0 Å². The number of aromatic nitrogens is 1. The van der Waals surface area contributed by atoms with E-state index in [0.29, 0.717) is 0 Å². The predicted molar refractivity (Wildman–Crippen MR) is 76.7 cm³/mol. The number of para-hydroxylation sites is 2. The van der Waals surface area contributed by atoms with E-state index in [1.165, 1.54) is 11.6 Å². The first-order valence-corrected chi connectivity index (χ1v) is 5.78. The number of rotatable bonds is 3. The lowest BCUT2D eigenvalue weighted by molar-refractivity contribution is 0.488. The molecular formula is C16H13NO. The lowest BCUT2D eigenvalue weighted by Gasteiger charge is -2.05. The molecule has 1 aromatic heterocycles. The zero-order valence-corrected chi connectivity index (χ0v) is 9.97. The maximum atomic E-state index is 5.49. The molecule has 0 aliphatic heterocycles. The van der Waals surface area contributed by atoms with Crippen molar-refractivity contribution in [3.63, 3.8) is 0 Å². The smallest absolute Gasteiger partial charge is 0.151 e. The van der Waals surface area contributed by atoms with Crippen LogP contribution < -0.4 is 4.74 Å². The molecule has 0 atom stereocenters. The van der Waals surface area contributed by atoms with Crippen LogP contribution in [0.3, 0.4) is 0 Å². The minimum Gasteiger partial charge on any atom is -0.463 e. The highest BCUT2D eigenvalue weighted by Gasteiger charge is 2.12. The minimum atomic E-state index is 0.790. The van der Waals surface area contributed by atoms with Crippen molar-refractivity contribution >= 4 is 28.0 Å². The number of hydrogen-bond acceptors (Lipinski definition) is 1. The van der Waals surface area contributed by atoms with Gasteiger partial charge in [-0.25, -0.2) is 0 Å². The van der Waals surface area contributed by atoms with Gasteiger partial charge in [-0.1, -0.05) is 43.5 Å². The van der Waals surface area contributed by atoms with E-state index in [4.69, 9.17) is 4.74 Å². The van der Waals surface area contributed by atoms with Crippen molar-refractivity contribution in [2.45, 2.75) is 0 Å². The monoisotopic (exact) mass is 235 g/mol. The Morgan fingerprint density at radius 3 is 2.50 bits per heavy atom. The third-order valence-electron chi connectivity index (χ3n) is 3.09. The molecule has 3 aromatic rings. The van der Waals surface area contributed by atoms with Crippen molar-refractivity contribution in [3.8, 4) is 5.75 Å². The lowest BCUT2D eigenvalue weighted by Crippen LogP contribution is -1.88. The molecule has 0 bridgehead atoms. The Bertz CT molecular complexity index is 752. The first kappa shape index (κ1) is 10.7. The molecule has 0 saturated heterocycles. The number of fused-ring (bicyclic) bond motifs is 3. The molecule has 0 aliphatic rings. The maximum absolute atomic E-state index is 5.49. The van der Waals surface area contributed by atoms with Gasteiger partial charge in [0, 0.05) is 17.0 Å².